The van der Waals surface area contributed by atoms with E-state index in [1.165, 1.54) is 18.2 Å². The number of nitrogens with one attached hydrogen (secondary N) is 1. The summed E-state index contributed by atoms with van der Waals surface area (Å²) in [5, 5.41) is 14.0. The quantitative estimate of drug-likeness (QED) is 0.679. The van der Waals surface area contributed by atoms with Gasteiger partial charge in [0.2, 0.25) is 0 Å². The summed E-state index contributed by atoms with van der Waals surface area (Å²) in [6, 6.07) is 12.4. The number of carbonyl (C=O) groups excluding carboxylic acids is 1. The van der Waals surface area contributed by atoms with E-state index >= 15 is 0 Å². The number of nitro groups is 1. The van der Waals surface area contributed by atoms with Crippen molar-refractivity contribution in [3.05, 3.63) is 63.7 Å². The first-order valence-corrected chi connectivity index (χ1v) is 6.35. The molecular weight excluding hydrogens is 296 g/mol. The molecule has 2 aromatic carbocycles. The van der Waals surface area contributed by atoms with Crippen LogP contribution in [0.25, 0.3) is 0 Å². The van der Waals surface area contributed by atoms with Crippen LogP contribution in [0.15, 0.2) is 48.5 Å². The van der Waals surface area contributed by atoms with Crippen LogP contribution in [0.3, 0.4) is 0 Å². The summed E-state index contributed by atoms with van der Waals surface area (Å²) in [6.45, 7) is -0.326. The number of nitrogens with zero attached hydrogens (tertiary/aromatic N) is 1. The van der Waals surface area contributed by atoms with E-state index in [1.807, 2.05) is 0 Å². The Balaban J connectivity index is 1.95. The van der Waals surface area contributed by atoms with E-state index in [1.54, 1.807) is 30.3 Å². The molecule has 0 spiro atoms. The minimum Gasteiger partial charge on any atom is -0.477 e. The zero-order chi connectivity index (χ0) is 15.2. The topological polar surface area (TPSA) is 81.5 Å². The molecule has 7 heteroatoms. The van der Waals surface area contributed by atoms with Crippen molar-refractivity contribution < 1.29 is 14.5 Å². The molecule has 0 heterocycles. The van der Waals surface area contributed by atoms with E-state index in [0.29, 0.717) is 10.7 Å². The summed E-state index contributed by atoms with van der Waals surface area (Å²) >= 11 is 5.74. The molecule has 0 atom stereocenters. The highest BCUT2D eigenvalue weighted by Crippen LogP contribution is 2.25. The standard InChI is InChI=1S/C14H11ClN2O4/c15-10-5-7-11(8-6-10)16-14(18)9-21-13-4-2-1-3-12(13)17(19)20/h1-8H,9H2,(H,16,18). The number of halogens is 1. The maximum absolute atomic E-state index is 11.7. The van der Waals surface area contributed by atoms with Crippen molar-refractivity contribution in [3.63, 3.8) is 0 Å². The van der Waals surface area contributed by atoms with Gasteiger partial charge in [0.15, 0.2) is 12.4 Å². The van der Waals surface area contributed by atoms with Crippen molar-refractivity contribution in [1.82, 2.24) is 0 Å². The average Bonchev–Trinajstić information content (AvgIpc) is 2.48. The highest BCUT2D eigenvalue weighted by molar-refractivity contribution is 6.30. The van der Waals surface area contributed by atoms with Gasteiger partial charge in [-0.25, -0.2) is 0 Å². The maximum atomic E-state index is 11.7. The molecule has 0 aliphatic rings. The first kappa shape index (κ1) is 14.8. The van der Waals surface area contributed by atoms with E-state index < -0.39 is 10.8 Å². The highest BCUT2D eigenvalue weighted by atomic mass is 35.5. The second-order valence-corrected chi connectivity index (χ2v) is 4.51. The summed E-state index contributed by atoms with van der Waals surface area (Å²) in [5.41, 5.74) is 0.382. The summed E-state index contributed by atoms with van der Waals surface area (Å²) in [5.74, 6) is -0.371. The van der Waals surface area contributed by atoms with Crippen molar-refractivity contribution in [2.75, 3.05) is 11.9 Å². The van der Waals surface area contributed by atoms with Crippen molar-refractivity contribution in [1.29, 1.82) is 0 Å². The number of ether oxygens (including phenoxy) is 1. The molecule has 1 N–H and O–H groups in total. The molecule has 0 fully saturated rings. The average molecular weight is 307 g/mol. The monoisotopic (exact) mass is 306 g/mol. The normalized spacial score (nSPS) is 9.95. The number of benzene rings is 2. The van der Waals surface area contributed by atoms with Gasteiger partial charge in [-0.15, -0.1) is 0 Å². The molecule has 0 aliphatic carbocycles. The minimum atomic E-state index is -0.563. The fraction of sp³-hybridized carbons (Fsp3) is 0.0714. The van der Waals surface area contributed by atoms with Gasteiger partial charge in [-0.3, -0.25) is 14.9 Å². The number of carbonyl (C=O) groups is 1. The molecule has 0 bridgehead atoms. The number of para-hydroxylation sites is 2. The van der Waals surface area contributed by atoms with Crippen molar-refractivity contribution in [3.8, 4) is 5.75 Å². The Labute approximate surface area is 125 Å². The summed E-state index contributed by atoms with van der Waals surface area (Å²) < 4.78 is 5.18. The number of hydrogen-bond donors (Lipinski definition) is 1. The third kappa shape index (κ3) is 4.19. The Morgan fingerprint density at radius 3 is 2.52 bits per heavy atom. The molecule has 1 amide bonds. The van der Waals surface area contributed by atoms with Crippen molar-refractivity contribution in [2.45, 2.75) is 0 Å². The zero-order valence-corrected chi connectivity index (χ0v) is 11.5. The Morgan fingerprint density at radius 2 is 1.86 bits per heavy atom. The van der Waals surface area contributed by atoms with E-state index in [2.05, 4.69) is 5.32 Å². The van der Waals surface area contributed by atoms with Gasteiger partial charge >= 0.3 is 5.69 Å². The molecule has 0 radical (unpaired) electrons. The lowest BCUT2D eigenvalue weighted by atomic mass is 10.3. The van der Waals surface area contributed by atoms with Crippen molar-refractivity contribution >= 4 is 28.9 Å². The van der Waals surface area contributed by atoms with Crippen LogP contribution in [0.4, 0.5) is 11.4 Å². The van der Waals surface area contributed by atoms with Crippen molar-refractivity contribution in [2.24, 2.45) is 0 Å². The third-order valence-corrected chi connectivity index (χ3v) is 2.80. The molecule has 2 aromatic rings. The molecule has 21 heavy (non-hydrogen) atoms. The van der Waals surface area contributed by atoms with Gasteiger partial charge in [0, 0.05) is 16.8 Å². The molecule has 0 aromatic heterocycles. The number of anilines is 1. The Bertz CT molecular complexity index is 658. The third-order valence-electron chi connectivity index (χ3n) is 2.55. The summed E-state index contributed by atoms with van der Waals surface area (Å²) in [4.78, 5) is 22.0. The van der Waals surface area contributed by atoms with E-state index in [4.69, 9.17) is 16.3 Å². The highest BCUT2D eigenvalue weighted by Gasteiger charge is 2.14. The van der Waals surface area contributed by atoms with Crippen LogP contribution in [0, 0.1) is 10.1 Å². The van der Waals surface area contributed by atoms with E-state index in [9.17, 15) is 14.9 Å². The van der Waals surface area contributed by atoms with Gasteiger partial charge < -0.3 is 10.1 Å². The predicted octanol–water partition coefficient (Wildman–Crippen LogP) is 3.27. The lowest BCUT2D eigenvalue weighted by Crippen LogP contribution is -2.20. The fourth-order valence-electron chi connectivity index (χ4n) is 1.60. The fourth-order valence-corrected chi connectivity index (χ4v) is 1.73. The van der Waals surface area contributed by atoms with Gasteiger partial charge in [-0.1, -0.05) is 23.7 Å². The second kappa shape index (κ2) is 6.71. The van der Waals surface area contributed by atoms with Crippen LogP contribution in [0.5, 0.6) is 5.75 Å². The Hall–Kier alpha value is -2.60. The largest absolute Gasteiger partial charge is 0.477 e. The van der Waals surface area contributed by atoms with Crippen LogP contribution >= 0.6 is 11.6 Å². The second-order valence-electron chi connectivity index (χ2n) is 4.07. The Morgan fingerprint density at radius 1 is 1.19 bits per heavy atom. The molecule has 0 saturated carbocycles. The molecular formula is C14H11ClN2O4. The molecule has 0 aliphatic heterocycles. The molecule has 2 rings (SSSR count). The number of hydrogen-bond acceptors (Lipinski definition) is 4. The van der Waals surface area contributed by atoms with E-state index in [0.717, 1.165) is 0 Å². The van der Waals surface area contributed by atoms with Crippen LogP contribution < -0.4 is 10.1 Å². The smallest absolute Gasteiger partial charge is 0.310 e. The molecule has 0 unspecified atom stereocenters. The minimum absolute atomic E-state index is 0.0498. The number of rotatable bonds is 5. The van der Waals surface area contributed by atoms with Gasteiger partial charge in [-0.05, 0) is 30.3 Å². The SMILES string of the molecule is O=C(COc1ccccc1[N+](=O)[O-])Nc1ccc(Cl)cc1. The van der Waals surface area contributed by atoms with Crippen LogP contribution in [-0.2, 0) is 4.79 Å². The summed E-state index contributed by atoms with van der Waals surface area (Å²) in [6.07, 6.45) is 0. The summed E-state index contributed by atoms with van der Waals surface area (Å²) in [7, 11) is 0. The zero-order valence-electron chi connectivity index (χ0n) is 10.8. The lowest BCUT2D eigenvalue weighted by Gasteiger charge is -2.07. The molecule has 108 valence electrons. The van der Waals surface area contributed by atoms with Crippen LogP contribution in [0.2, 0.25) is 5.02 Å². The maximum Gasteiger partial charge on any atom is 0.310 e. The predicted molar refractivity (Wildman–Crippen MR) is 78.7 cm³/mol. The van der Waals surface area contributed by atoms with Gasteiger partial charge in [0.25, 0.3) is 5.91 Å². The first-order valence-electron chi connectivity index (χ1n) is 5.98. The van der Waals surface area contributed by atoms with Gasteiger partial charge in [-0.2, -0.15) is 0 Å². The first-order chi connectivity index (χ1) is 10.1. The molecule has 0 saturated heterocycles. The van der Waals surface area contributed by atoms with Crippen LogP contribution in [-0.4, -0.2) is 17.4 Å². The molecule has 6 nitrogen and oxygen atoms in total. The lowest BCUT2D eigenvalue weighted by molar-refractivity contribution is -0.385. The van der Waals surface area contributed by atoms with Gasteiger partial charge in [0.05, 0.1) is 4.92 Å². The van der Waals surface area contributed by atoms with E-state index in [-0.39, 0.29) is 18.0 Å². The number of nitro benzene ring substituents is 1. The van der Waals surface area contributed by atoms with Crippen LogP contribution in [0.1, 0.15) is 0 Å². The van der Waals surface area contributed by atoms with Gasteiger partial charge in [0.1, 0.15) is 0 Å². The number of amides is 1. The Kier molecular flexibility index (Phi) is 4.73.